The summed E-state index contributed by atoms with van der Waals surface area (Å²) in [6.07, 6.45) is 3.84. The number of aryl methyl sites for hydroxylation is 2. The van der Waals surface area contributed by atoms with Gasteiger partial charge in [0.1, 0.15) is 0 Å². The molecular formula is C14H18N2. The van der Waals surface area contributed by atoms with E-state index in [1.807, 2.05) is 23.1 Å². The van der Waals surface area contributed by atoms with Crippen LogP contribution in [0.4, 0.5) is 0 Å². The molecular weight excluding hydrogens is 196 g/mol. The van der Waals surface area contributed by atoms with Crippen LogP contribution in [-0.2, 0) is 6.54 Å². The monoisotopic (exact) mass is 214 g/mol. The first-order chi connectivity index (χ1) is 7.59. The average molecular weight is 214 g/mol. The number of hydrogen-bond donors (Lipinski definition) is 0. The van der Waals surface area contributed by atoms with E-state index in [2.05, 4.69) is 38.9 Å². The molecule has 0 aliphatic rings. The zero-order valence-corrected chi connectivity index (χ0v) is 10.4. The van der Waals surface area contributed by atoms with Crippen molar-refractivity contribution in [1.29, 1.82) is 0 Å². The molecule has 2 rings (SSSR count). The first kappa shape index (κ1) is 10.9. The van der Waals surface area contributed by atoms with Gasteiger partial charge in [-0.05, 0) is 61.6 Å². The quantitative estimate of drug-likeness (QED) is 0.751. The molecule has 0 amide bonds. The van der Waals surface area contributed by atoms with E-state index in [1.165, 1.54) is 27.8 Å². The SMILES string of the molecule is Cc1cc(C)c(C)c(Cn2cccn2)c1C. The van der Waals surface area contributed by atoms with Crippen LogP contribution in [0.25, 0.3) is 0 Å². The summed E-state index contributed by atoms with van der Waals surface area (Å²) in [5.74, 6) is 0. The number of rotatable bonds is 2. The second-order valence-electron chi connectivity index (χ2n) is 4.44. The van der Waals surface area contributed by atoms with Crippen molar-refractivity contribution in [3.05, 3.63) is 52.3 Å². The van der Waals surface area contributed by atoms with Crippen molar-refractivity contribution < 1.29 is 0 Å². The summed E-state index contributed by atoms with van der Waals surface area (Å²) in [4.78, 5) is 0. The summed E-state index contributed by atoms with van der Waals surface area (Å²) in [6, 6.07) is 4.23. The molecule has 0 aliphatic heterocycles. The highest BCUT2D eigenvalue weighted by molar-refractivity contribution is 5.43. The fraction of sp³-hybridized carbons (Fsp3) is 0.357. The molecule has 2 heteroatoms. The molecule has 0 atom stereocenters. The van der Waals surface area contributed by atoms with Gasteiger partial charge in [-0.2, -0.15) is 5.10 Å². The van der Waals surface area contributed by atoms with Crippen LogP contribution < -0.4 is 0 Å². The lowest BCUT2D eigenvalue weighted by atomic mass is 9.94. The first-order valence-electron chi connectivity index (χ1n) is 5.63. The van der Waals surface area contributed by atoms with E-state index < -0.39 is 0 Å². The van der Waals surface area contributed by atoms with Crippen molar-refractivity contribution in [3.63, 3.8) is 0 Å². The minimum Gasteiger partial charge on any atom is -0.268 e. The standard InChI is InChI=1S/C14H18N2/c1-10-8-11(2)13(4)14(12(10)3)9-16-7-5-6-15-16/h5-8H,9H2,1-4H3. The van der Waals surface area contributed by atoms with Gasteiger partial charge in [-0.1, -0.05) is 6.07 Å². The Hall–Kier alpha value is -1.57. The van der Waals surface area contributed by atoms with E-state index in [0.717, 1.165) is 6.54 Å². The zero-order chi connectivity index (χ0) is 11.7. The molecule has 0 fully saturated rings. The van der Waals surface area contributed by atoms with E-state index in [0.29, 0.717) is 0 Å². The summed E-state index contributed by atoms with van der Waals surface area (Å²) in [6.45, 7) is 9.61. The average Bonchev–Trinajstić information content (AvgIpc) is 2.74. The van der Waals surface area contributed by atoms with Crippen LogP contribution in [0.2, 0.25) is 0 Å². The highest BCUT2D eigenvalue weighted by atomic mass is 15.3. The summed E-state index contributed by atoms with van der Waals surface area (Å²) < 4.78 is 1.98. The van der Waals surface area contributed by atoms with Gasteiger partial charge in [0.25, 0.3) is 0 Å². The van der Waals surface area contributed by atoms with E-state index in [9.17, 15) is 0 Å². The molecule has 2 aromatic rings. The molecule has 1 aromatic heterocycles. The van der Waals surface area contributed by atoms with E-state index in [4.69, 9.17) is 0 Å². The van der Waals surface area contributed by atoms with E-state index in [1.54, 1.807) is 0 Å². The van der Waals surface area contributed by atoms with Gasteiger partial charge in [-0.25, -0.2) is 0 Å². The van der Waals surface area contributed by atoms with E-state index >= 15 is 0 Å². The third-order valence-corrected chi connectivity index (χ3v) is 3.40. The van der Waals surface area contributed by atoms with E-state index in [-0.39, 0.29) is 0 Å². The summed E-state index contributed by atoms with van der Waals surface area (Å²) in [5.41, 5.74) is 6.91. The number of nitrogens with zero attached hydrogens (tertiary/aromatic N) is 2. The molecule has 0 spiro atoms. The molecule has 1 heterocycles. The lowest BCUT2D eigenvalue weighted by Crippen LogP contribution is -2.06. The van der Waals surface area contributed by atoms with Crippen LogP contribution in [0.1, 0.15) is 27.8 Å². The minimum atomic E-state index is 0.868. The minimum absolute atomic E-state index is 0.868. The highest BCUT2D eigenvalue weighted by Crippen LogP contribution is 2.22. The van der Waals surface area contributed by atoms with Gasteiger partial charge in [-0.3, -0.25) is 4.68 Å². The Kier molecular flexibility index (Phi) is 2.82. The maximum absolute atomic E-state index is 4.27. The Labute approximate surface area is 96.9 Å². The van der Waals surface area contributed by atoms with Crippen LogP contribution >= 0.6 is 0 Å². The topological polar surface area (TPSA) is 17.8 Å². The number of benzene rings is 1. The normalized spacial score (nSPS) is 10.8. The van der Waals surface area contributed by atoms with Gasteiger partial charge in [0.05, 0.1) is 6.54 Å². The van der Waals surface area contributed by atoms with Crippen LogP contribution in [0.5, 0.6) is 0 Å². The molecule has 0 unspecified atom stereocenters. The van der Waals surface area contributed by atoms with Crippen molar-refractivity contribution in [2.75, 3.05) is 0 Å². The molecule has 0 saturated heterocycles. The third kappa shape index (κ3) is 1.87. The molecule has 1 aromatic carbocycles. The Bertz CT molecular complexity index is 470. The molecule has 0 saturated carbocycles. The van der Waals surface area contributed by atoms with Crippen molar-refractivity contribution in [3.8, 4) is 0 Å². The van der Waals surface area contributed by atoms with Crippen LogP contribution in [0, 0.1) is 27.7 Å². The lowest BCUT2D eigenvalue weighted by Gasteiger charge is -2.15. The van der Waals surface area contributed by atoms with Gasteiger partial charge in [0, 0.05) is 12.4 Å². The highest BCUT2D eigenvalue weighted by Gasteiger charge is 2.08. The lowest BCUT2D eigenvalue weighted by molar-refractivity contribution is 0.680. The molecule has 0 bridgehead atoms. The van der Waals surface area contributed by atoms with Gasteiger partial charge < -0.3 is 0 Å². The van der Waals surface area contributed by atoms with Crippen molar-refractivity contribution >= 4 is 0 Å². The van der Waals surface area contributed by atoms with Gasteiger partial charge in [0.15, 0.2) is 0 Å². The Balaban J connectivity index is 2.47. The third-order valence-electron chi connectivity index (χ3n) is 3.40. The second kappa shape index (κ2) is 4.12. The Morgan fingerprint density at radius 1 is 1.06 bits per heavy atom. The molecule has 2 nitrogen and oxygen atoms in total. The molecule has 0 aliphatic carbocycles. The van der Waals surface area contributed by atoms with Crippen LogP contribution in [0.3, 0.4) is 0 Å². The largest absolute Gasteiger partial charge is 0.268 e. The summed E-state index contributed by atoms with van der Waals surface area (Å²) in [7, 11) is 0. The molecule has 0 radical (unpaired) electrons. The molecule has 84 valence electrons. The second-order valence-corrected chi connectivity index (χ2v) is 4.44. The smallest absolute Gasteiger partial charge is 0.0664 e. The van der Waals surface area contributed by atoms with Crippen LogP contribution in [0.15, 0.2) is 24.5 Å². The Morgan fingerprint density at radius 2 is 1.69 bits per heavy atom. The van der Waals surface area contributed by atoms with Crippen LogP contribution in [-0.4, -0.2) is 9.78 Å². The molecule has 0 N–H and O–H groups in total. The van der Waals surface area contributed by atoms with Gasteiger partial charge in [-0.15, -0.1) is 0 Å². The predicted octanol–water partition coefficient (Wildman–Crippen LogP) is 3.17. The Morgan fingerprint density at radius 3 is 2.19 bits per heavy atom. The maximum atomic E-state index is 4.27. The zero-order valence-electron chi connectivity index (χ0n) is 10.4. The van der Waals surface area contributed by atoms with Gasteiger partial charge in [0.2, 0.25) is 0 Å². The fourth-order valence-electron chi connectivity index (χ4n) is 2.09. The summed E-state index contributed by atoms with van der Waals surface area (Å²) in [5, 5.41) is 4.27. The van der Waals surface area contributed by atoms with Crippen molar-refractivity contribution in [2.24, 2.45) is 0 Å². The fourth-order valence-corrected chi connectivity index (χ4v) is 2.09. The number of hydrogen-bond acceptors (Lipinski definition) is 1. The molecule has 16 heavy (non-hydrogen) atoms. The summed E-state index contributed by atoms with van der Waals surface area (Å²) >= 11 is 0. The van der Waals surface area contributed by atoms with Crippen molar-refractivity contribution in [1.82, 2.24) is 9.78 Å². The maximum Gasteiger partial charge on any atom is 0.0664 e. The van der Waals surface area contributed by atoms with Gasteiger partial charge >= 0.3 is 0 Å². The number of aromatic nitrogens is 2. The van der Waals surface area contributed by atoms with Crippen molar-refractivity contribution in [2.45, 2.75) is 34.2 Å². The first-order valence-corrected chi connectivity index (χ1v) is 5.63. The predicted molar refractivity (Wildman–Crippen MR) is 66.7 cm³/mol.